The molecule has 6 heteroatoms. The lowest BCUT2D eigenvalue weighted by Gasteiger charge is -2.23. The Hall–Kier alpha value is -2.53. The van der Waals surface area contributed by atoms with Crippen molar-refractivity contribution in [3.8, 4) is 0 Å². The van der Waals surface area contributed by atoms with Crippen molar-refractivity contribution in [1.29, 1.82) is 0 Å². The van der Waals surface area contributed by atoms with E-state index in [0.717, 1.165) is 24.1 Å². The number of anilines is 2. The van der Waals surface area contributed by atoms with Crippen molar-refractivity contribution in [3.05, 3.63) is 58.6 Å². The van der Waals surface area contributed by atoms with E-state index >= 15 is 0 Å². The predicted molar refractivity (Wildman–Crippen MR) is 114 cm³/mol. The minimum Gasteiger partial charge on any atom is -0.376 e. The molecule has 0 heterocycles. The van der Waals surface area contributed by atoms with Gasteiger partial charge in [0.15, 0.2) is 0 Å². The Morgan fingerprint density at radius 1 is 1.07 bits per heavy atom. The Bertz CT molecular complexity index is 847. The van der Waals surface area contributed by atoms with Crippen molar-refractivity contribution in [2.24, 2.45) is 0 Å². The molecule has 1 aliphatic carbocycles. The average Bonchev–Trinajstić information content (AvgIpc) is 2.68. The lowest BCUT2D eigenvalue weighted by molar-refractivity contribution is -0.114. The van der Waals surface area contributed by atoms with E-state index in [4.69, 9.17) is 11.6 Å². The molecule has 0 aromatic heterocycles. The molecule has 3 N–H and O–H groups in total. The van der Waals surface area contributed by atoms with E-state index in [9.17, 15) is 9.59 Å². The molecular weight excluding hydrogens is 374 g/mol. The number of nitrogens with one attached hydrogen (secondary N) is 3. The van der Waals surface area contributed by atoms with Crippen LogP contribution in [-0.2, 0) is 4.79 Å². The van der Waals surface area contributed by atoms with Crippen LogP contribution in [-0.4, -0.2) is 24.4 Å². The normalized spacial score (nSPS) is 14.4. The summed E-state index contributed by atoms with van der Waals surface area (Å²) in [6.45, 7) is 2.05. The molecule has 1 fully saturated rings. The summed E-state index contributed by atoms with van der Waals surface area (Å²) in [6.07, 6.45) is 5.75. The lowest BCUT2D eigenvalue weighted by atomic mass is 9.95. The molecule has 148 valence electrons. The smallest absolute Gasteiger partial charge is 0.251 e. The van der Waals surface area contributed by atoms with E-state index in [1.165, 1.54) is 19.3 Å². The van der Waals surface area contributed by atoms with E-state index in [0.29, 0.717) is 16.3 Å². The van der Waals surface area contributed by atoms with Crippen molar-refractivity contribution >= 4 is 34.8 Å². The number of amides is 2. The fourth-order valence-electron chi connectivity index (χ4n) is 3.47. The molecule has 0 unspecified atom stereocenters. The van der Waals surface area contributed by atoms with Gasteiger partial charge in [-0.3, -0.25) is 9.59 Å². The van der Waals surface area contributed by atoms with Gasteiger partial charge in [-0.25, -0.2) is 0 Å². The molecule has 1 saturated carbocycles. The van der Waals surface area contributed by atoms with E-state index in [1.54, 1.807) is 30.3 Å². The second-order valence-corrected chi connectivity index (χ2v) is 7.69. The van der Waals surface area contributed by atoms with E-state index in [2.05, 4.69) is 16.0 Å². The van der Waals surface area contributed by atoms with Crippen LogP contribution in [0.1, 0.15) is 48.0 Å². The lowest BCUT2D eigenvalue weighted by Crippen LogP contribution is -2.36. The first kappa shape index (κ1) is 20.2. The Balaban J connectivity index is 1.53. The van der Waals surface area contributed by atoms with Crippen LogP contribution < -0.4 is 16.0 Å². The van der Waals surface area contributed by atoms with Crippen molar-refractivity contribution in [2.45, 2.75) is 45.1 Å². The first-order chi connectivity index (χ1) is 13.5. The highest BCUT2D eigenvalue weighted by Crippen LogP contribution is 2.20. The fourth-order valence-corrected chi connectivity index (χ4v) is 3.66. The molecule has 0 aliphatic heterocycles. The molecule has 0 bridgehead atoms. The monoisotopic (exact) mass is 399 g/mol. The number of carbonyl (C=O) groups is 2. The number of halogens is 1. The summed E-state index contributed by atoms with van der Waals surface area (Å²) in [6, 6.07) is 12.8. The third-order valence-corrected chi connectivity index (χ3v) is 5.21. The van der Waals surface area contributed by atoms with Gasteiger partial charge in [0.25, 0.3) is 5.91 Å². The van der Waals surface area contributed by atoms with Crippen LogP contribution in [0.25, 0.3) is 0 Å². The number of hydrogen-bond donors (Lipinski definition) is 3. The second kappa shape index (κ2) is 9.60. The molecule has 2 aromatic rings. The molecule has 0 spiro atoms. The van der Waals surface area contributed by atoms with E-state index in [-0.39, 0.29) is 24.4 Å². The van der Waals surface area contributed by atoms with Gasteiger partial charge in [-0.05, 0) is 61.7 Å². The van der Waals surface area contributed by atoms with Crippen LogP contribution in [0.2, 0.25) is 5.02 Å². The SMILES string of the molecule is Cc1cc(C(=O)NC2CCCCC2)ccc1NCC(=O)Nc1cccc(Cl)c1. The summed E-state index contributed by atoms with van der Waals surface area (Å²) in [4.78, 5) is 24.6. The van der Waals surface area contributed by atoms with Crippen LogP contribution in [0.4, 0.5) is 11.4 Å². The minimum absolute atomic E-state index is 0.0275. The molecule has 3 rings (SSSR count). The van der Waals surface area contributed by atoms with Crippen molar-refractivity contribution < 1.29 is 9.59 Å². The maximum Gasteiger partial charge on any atom is 0.251 e. The summed E-state index contributed by atoms with van der Waals surface area (Å²) in [5.41, 5.74) is 3.06. The number of rotatable bonds is 6. The number of carbonyl (C=O) groups excluding carboxylic acids is 2. The summed E-state index contributed by atoms with van der Waals surface area (Å²) >= 11 is 5.92. The zero-order valence-electron chi connectivity index (χ0n) is 16.1. The zero-order chi connectivity index (χ0) is 19.9. The van der Waals surface area contributed by atoms with E-state index in [1.807, 2.05) is 19.1 Å². The number of aryl methyl sites for hydroxylation is 1. The minimum atomic E-state index is -0.166. The first-order valence-corrected chi connectivity index (χ1v) is 10.1. The zero-order valence-corrected chi connectivity index (χ0v) is 16.8. The Morgan fingerprint density at radius 3 is 2.57 bits per heavy atom. The topological polar surface area (TPSA) is 70.2 Å². The standard InChI is InChI=1S/C22H26ClN3O2/c1-15-12-16(22(28)26-18-7-3-2-4-8-18)10-11-20(15)24-14-21(27)25-19-9-5-6-17(23)13-19/h5-6,9-13,18,24H,2-4,7-8,14H2,1H3,(H,25,27)(H,26,28). The summed E-state index contributed by atoms with van der Waals surface area (Å²) < 4.78 is 0. The van der Waals surface area contributed by atoms with E-state index < -0.39 is 0 Å². The van der Waals surface area contributed by atoms with Gasteiger partial charge in [-0.15, -0.1) is 0 Å². The predicted octanol–water partition coefficient (Wildman–Crippen LogP) is 4.76. The molecule has 2 aromatic carbocycles. The van der Waals surface area contributed by atoms with Gasteiger partial charge in [-0.1, -0.05) is 36.9 Å². The molecular formula is C22H26ClN3O2. The second-order valence-electron chi connectivity index (χ2n) is 7.25. The molecule has 28 heavy (non-hydrogen) atoms. The Labute approximate surface area is 170 Å². The molecule has 5 nitrogen and oxygen atoms in total. The molecule has 0 saturated heterocycles. The van der Waals surface area contributed by atoms with Gasteiger partial charge >= 0.3 is 0 Å². The fraction of sp³-hybridized carbons (Fsp3) is 0.364. The molecule has 1 aliphatic rings. The van der Waals surface area contributed by atoms with Crippen molar-refractivity contribution in [1.82, 2.24) is 5.32 Å². The van der Waals surface area contributed by atoms with Crippen molar-refractivity contribution in [3.63, 3.8) is 0 Å². The van der Waals surface area contributed by atoms with Gasteiger partial charge in [0.2, 0.25) is 5.91 Å². The molecule has 0 radical (unpaired) electrons. The summed E-state index contributed by atoms with van der Waals surface area (Å²) in [5, 5.41) is 9.62. The molecule has 2 amide bonds. The third kappa shape index (κ3) is 5.73. The van der Waals surface area contributed by atoms with Crippen LogP contribution >= 0.6 is 11.6 Å². The number of benzene rings is 2. The summed E-state index contributed by atoms with van der Waals surface area (Å²) in [5.74, 6) is -0.193. The van der Waals surface area contributed by atoms with Crippen LogP contribution in [0.15, 0.2) is 42.5 Å². The maximum atomic E-state index is 12.5. The van der Waals surface area contributed by atoms with Gasteiger partial charge in [0.05, 0.1) is 6.54 Å². The van der Waals surface area contributed by atoms with Gasteiger partial charge < -0.3 is 16.0 Å². The van der Waals surface area contributed by atoms with Crippen LogP contribution in [0, 0.1) is 6.92 Å². The highest BCUT2D eigenvalue weighted by Gasteiger charge is 2.17. The number of hydrogen-bond acceptors (Lipinski definition) is 3. The highest BCUT2D eigenvalue weighted by molar-refractivity contribution is 6.30. The Kier molecular flexibility index (Phi) is 6.93. The maximum absolute atomic E-state index is 12.5. The average molecular weight is 400 g/mol. The van der Waals surface area contributed by atoms with Gasteiger partial charge in [0.1, 0.15) is 0 Å². The van der Waals surface area contributed by atoms with Gasteiger partial charge in [-0.2, -0.15) is 0 Å². The molecule has 0 atom stereocenters. The van der Waals surface area contributed by atoms with Crippen LogP contribution in [0.5, 0.6) is 0 Å². The summed E-state index contributed by atoms with van der Waals surface area (Å²) in [7, 11) is 0. The van der Waals surface area contributed by atoms with Crippen molar-refractivity contribution in [2.75, 3.05) is 17.2 Å². The largest absolute Gasteiger partial charge is 0.376 e. The van der Waals surface area contributed by atoms with Gasteiger partial charge in [0, 0.05) is 28.0 Å². The van der Waals surface area contributed by atoms with Crippen LogP contribution in [0.3, 0.4) is 0 Å². The quantitative estimate of drug-likeness (QED) is 0.655. The Morgan fingerprint density at radius 2 is 1.86 bits per heavy atom. The highest BCUT2D eigenvalue weighted by atomic mass is 35.5. The third-order valence-electron chi connectivity index (χ3n) is 4.98. The first-order valence-electron chi connectivity index (χ1n) is 9.72.